The van der Waals surface area contributed by atoms with E-state index in [0.717, 1.165) is 22.8 Å². The number of benzene rings is 4. The summed E-state index contributed by atoms with van der Waals surface area (Å²) in [6, 6.07) is 37.3. The standard InChI is InChI=1S/C36H26BN3/c1-3-4-6-14-24(2)30-23-33-34-36(38-30)40-31-21-11-9-17-26(31)27-18-13-20-29(35(27)40)37(34)28-19-10-12-22-32(28)39(33)25-15-7-5-8-16-25/h3-23H,1H2,2H3/b6-4-,24-14+. The Morgan fingerprint density at radius 1 is 0.775 bits per heavy atom. The van der Waals surface area contributed by atoms with Crippen molar-refractivity contribution in [1.29, 1.82) is 0 Å². The van der Waals surface area contributed by atoms with Crippen LogP contribution in [0.3, 0.4) is 0 Å². The molecule has 0 spiro atoms. The second kappa shape index (κ2) is 8.72. The molecular weight excluding hydrogens is 485 g/mol. The highest BCUT2D eigenvalue weighted by Gasteiger charge is 2.42. The first kappa shape index (κ1) is 22.9. The van der Waals surface area contributed by atoms with E-state index in [1.807, 2.05) is 12.2 Å². The molecule has 6 aromatic rings. The zero-order chi connectivity index (χ0) is 26.8. The van der Waals surface area contributed by atoms with E-state index in [9.17, 15) is 0 Å². The van der Waals surface area contributed by atoms with Crippen LogP contribution in [-0.4, -0.2) is 16.3 Å². The number of hydrogen-bond donors (Lipinski definition) is 0. The normalized spacial score (nSPS) is 13.7. The lowest BCUT2D eigenvalue weighted by Gasteiger charge is -2.40. The van der Waals surface area contributed by atoms with Crippen LogP contribution >= 0.6 is 0 Å². The van der Waals surface area contributed by atoms with Gasteiger partial charge < -0.3 is 4.90 Å². The molecule has 2 aliphatic rings. The van der Waals surface area contributed by atoms with Crippen LogP contribution in [0.5, 0.6) is 0 Å². The summed E-state index contributed by atoms with van der Waals surface area (Å²) in [5, 5.41) is 2.53. The van der Waals surface area contributed by atoms with Crippen LogP contribution in [0.2, 0.25) is 0 Å². The highest BCUT2D eigenvalue weighted by atomic mass is 15.2. The summed E-state index contributed by atoms with van der Waals surface area (Å²) >= 11 is 0. The van der Waals surface area contributed by atoms with Gasteiger partial charge in [0.15, 0.2) is 0 Å². The van der Waals surface area contributed by atoms with Gasteiger partial charge in [-0.1, -0.05) is 104 Å². The van der Waals surface area contributed by atoms with Crippen molar-refractivity contribution in [3.8, 4) is 5.82 Å². The van der Waals surface area contributed by atoms with Crippen molar-refractivity contribution in [1.82, 2.24) is 9.55 Å². The van der Waals surface area contributed by atoms with Gasteiger partial charge in [-0.05, 0) is 59.2 Å². The lowest BCUT2D eigenvalue weighted by molar-refractivity contribution is 1.07. The summed E-state index contributed by atoms with van der Waals surface area (Å²) in [7, 11) is 0. The maximum atomic E-state index is 5.44. The van der Waals surface area contributed by atoms with E-state index in [2.05, 4.69) is 132 Å². The molecule has 0 amide bonds. The molecule has 2 aromatic heterocycles. The molecule has 0 aliphatic carbocycles. The molecule has 8 rings (SSSR count). The summed E-state index contributed by atoms with van der Waals surface area (Å²) in [6.07, 6.45) is 7.89. The third-order valence-corrected chi connectivity index (χ3v) is 8.30. The molecular formula is C36H26BN3. The number of hydrogen-bond acceptors (Lipinski definition) is 2. The number of rotatable bonds is 4. The third-order valence-electron chi connectivity index (χ3n) is 8.30. The van der Waals surface area contributed by atoms with Crippen molar-refractivity contribution in [3.05, 3.63) is 140 Å². The minimum absolute atomic E-state index is 0.0909. The van der Waals surface area contributed by atoms with E-state index in [1.54, 1.807) is 6.08 Å². The molecule has 0 radical (unpaired) electrons. The number of para-hydroxylation sites is 4. The number of anilines is 3. The Labute approximate surface area is 234 Å². The molecule has 188 valence electrons. The Morgan fingerprint density at radius 2 is 1.52 bits per heavy atom. The van der Waals surface area contributed by atoms with E-state index < -0.39 is 0 Å². The number of allylic oxidation sites excluding steroid dienone is 5. The maximum absolute atomic E-state index is 5.44. The number of nitrogens with zero attached hydrogens (tertiary/aromatic N) is 3. The minimum Gasteiger partial charge on any atom is -0.311 e. The van der Waals surface area contributed by atoms with Crippen LogP contribution in [0.4, 0.5) is 17.1 Å². The van der Waals surface area contributed by atoms with E-state index in [4.69, 9.17) is 4.98 Å². The molecule has 4 heteroatoms. The first-order valence-electron chi connectivity index (χ1n) is 13.7. The van der Waals surface area contributed by atoms with Crippen molar-refractivity contribution in [2.45, 2.75) is 6.92 Å². The number of aromatic nitrogens is 2. The average Bonchev–Trinajstić information content (AvgIpc) is 3.35. The van der Waals surface area contributed by atoms with Crippen LogP contribution in [0, 0.1) is 0 Å². The third kappa shape index (κ3) is 3.10. The van der Waals surface area contributed by atoms with Gasteiger partial charge >= 0.3 is 0 Å². The average molecular weight is 511 g/mol. The van der Waals surface area contributed by atoms with Crippen molar-refractivity contribution in [3.63, 3.8) is 0 Å². The smallest absolute Gasteiger partial charge is 0.254 e. The van der Waals surface area contributed by atoms with Crippen molar-refractivity contribution < 1.29 is 0 Å². The summed E-state index contributed by atoms with van der Waals surface area (Å²) in [5.74, 6) is 1.01. The second-order valence-corrected chi connectivity index (χ2v) is 10.5. The molecule has 0 atom stereocenters. The highest BCUT2D eigenvalue weighted by Crippen LogP contribution is 2.41. The Kier molecular flexibility index (Phi) is 4.98. The van der Waals surface area contributed by atoms with Crippen LogP contribution in [-0.2, 0) is 0 Å². The molecule has 40 heavy (non-hydrogen) atoms. The Balaban J connectivity index is 1.55. The Morgan fingerprint density at radius 3 is 2.40 bits per heavy atom. The predicted octanol–water partition coefficient (Wildman–Crippen LogP) is 6.94. The second-order valence-electron chi connectivity index (χ2n) is 10.5. The van der Waals surface area contributed by atoms with Crippen LogP contribution < -0.4 is 21.3 Å². The molecule has 0 saturated carbocycles. The largest absolute Gasteiger partial charge is 0.311 e. The fourth-order valence-corrected chi connectivity index (χ4v) is 6.62. The molecule has 4 heterocycles. The quantitative estimate of drug-likeness (QED) is 0.189. The van der Waals surface area contributed by atoms with Gasteiger partial charge in [-0.2, -0.15) is 0 Å². The molecule has 0 N–H and O–H groups in total. The van der Waals surface area contributed by atoms with Crippen LogP contribution in [0.15, 0.2) is 134 Å². The van der Waals surface area contributed by atoms with Gasteiger partial charge in [-0.15, -0.1) is 0 Å². The van der Waals surface area contributed by atoms with E-state index >= 15 is 0 Å². The van der Waals surface area contributed by atoms with E-state index in [-0.39, 0.29) is 6.71 Å². The predicted molar refractivity (Wildman–Crippen MR) is 171 cm³/mol. The molecule has 2 aliphatic heterocycles. The topological polar surface area (TPSA) is 21.1 Å². The van der Waals surface area contributed by atoms with Crippen molar-refractivity contribution in [2.75, 3.05) is 4.90 Å². The molecule has 0 bridgehead atoms. The number of fused-ring (bicyclic) bond motifs is 7. The first-order chi connectivity index (χ1) is 19.8. The SMILES string of the molecule is C=C/C=C\C=C(/C)c1cc2c3c(n1)-n1c4ccccc4c4cccc(c41)B3c1ccccc1N2c1ccccc1. The van der Waals surface area contributed by atoms with Gasteiger partial charge in [0, 0.05) is 27.8 Å². The molecule has 0 unspecified atom stereocenters. The first-order valence-corrected chi connectivity index (χ1v) is 13.7. The lowest BCUT2D eigenvalue weighted by Crippen LogP contribution is -2.60. The highest BCUT2D eigenvalue weighted by molar-refractivity contribution is 7.00. The zero-order valence-electron chi connectivity index (χ0n) is 22.3. The lowest BCUT2D eigenvalue weighted by atomic mass is 9.34. The van der Waals surface area contributed by atoms with Crippen LogP contribution in [0.1, 0.15) is 12.6 Å². The van der Waals surface area contributed by atoms with Crippen molar-refractivity contribution in [2.24, 2.45) is 0 Å². The maximum Gasteiger partial charge on any atom is 0.254 e. The fourth-order valence-electron chi connectivity index (χ4n) is 6.62. The van der Waals surface area contributed by atoms with Gasteiger partial charge in [0.05, 0.1) is 16.7 Å². The minimum atomic E-state index is 0.0909. The summed E-state index contributed by atoms with van der Waals surface area (Å²) in [5.41, 5.74) is 11.9. The molecule has 3 nitrogen and oxygen atoms in total. The van der Waals surface area contributed by atoms with Crippen LogP contribution in [0.25, 0.3) is 33.2 Å². The van der Waals surface area contributed by atoms with Gasteiger partial charge in [-0.25, -0.2) is 4.98 Å². The van der Waals surface area contributed by atoms with E-state index in [1.165, 1.54) is 49.6 Å². The zero-order valence-corrected chi connectivity index (χ0v) is 22.3. The number of pyridine rings is 1. The summed E-state index contributed by atoms with van der Waals surface area (Å²) < 4.78 is 2.41. The summed E-state index contributed by atoms with van der Waals surface area (Å²) in [4.78, 5) is 7.86. The van der Waals surface area contributed by atoms with Gasteiger partial charge in [0.1, 0.15) is 5.82 Å². The monoisotopic (exact) mass is 511 g/mol. The molecule has 4 aromatic carbocycles. The van der Waals surface area contributed by atoms with E-state index in [0.29, 0.717) is 0 Å². The Bertz CT molecular complexity index is 2050. The van der Waals surface area contributed by atoms with Gasteiger partial charge in [0.25, 0.3) is 6.71 Å². The summed E-state index contributed by atoms with van der Waals surface area (Å²) in [6.45, 7) is 6.05. The van der Waals surface area contributed by atoms with Gasteiger partial charge in [-0.3, -0.25) is 4.57 Å². The molecule has 0 fully saturated rings. The molecule has 0 saturated heterocycles. The van der Waals surface area contributed by atoms with Gasteiger partial charge in [0.2, 0.25) is 0 Å². The van der Waals surface area contributed by atoms with Crippen molar-refractivity contribution >= 4 is 67.5 Å². The Hall–Kier alpha value is -5.09. The fraction of sp³-hybridized carbons (Fsp3) is 0.0278.